The van der Waals surface area contributed by atoms with Crippen molar-refractivity contribution in [1.29, 1.82) is 0 Å². The zero-order valence-electron chi connectivity index (χ0n) is 14.3. The van der Waals surface area contributed by atoms with Crippen LogP contribution in [0.4, 0.5) is 0 Å². The number of hydrogen-bond acceptors (Lipinski definition) is 3. The largest absolute Gasteiger partial charge is 0.497 e. The van der Waals surface area contributed by atoms with E-state index in [-0.39, 0.29) is 0 Å². The maximum atomic E-state index is 5.19. The zero-order chi connectivity index (χ0) is 15.9. The molecule has 1 aliphatic heterocycles. The molecule has 1 aromatic rings. The van der Waals surface area contributed by atoms with Crippen LogP contribution in [0.5, 0.6) is 5.75 Å². The SMILES string of the molecule is C=C(CCCc1ccc(OC)cc1)N(C)C1CCN(C)CC1. The predicted molar refractivity (Wildman–Crippen MR) is 93.4 cm³/mol. The highest BCUT2D eigenvalue weighted by Crippen LogP contribution is 2.21. The Labute approximate surface area is 135 Å². The maximum Gasteiger partial charge on any atom is 0.118 e. The molecule has 1 heterocycles. The van der Waals surface area contributed by atoms with Gasteiger partial charge in [0.2, 0.25) is 0 Å². The third-order valence-electron chi connectivity index (χ3n) is 4.82. The highest BCUT2D eigenvalue weighted by atomic mass is 16.5. The second kappa shape index (κ2) is 8.23. The third-order valence-corrected chi connectivity index (χ3v) is 4.82. The van der Waals surface area contributed by atoms with Crippen LogP contribution in [-0.2, 0) is 6.42 Å². The topological polar surface area (TPSA) is 15.7 Å². The Hall–Kier alpha value is -1.48. The van der Waals surface area contributed by atoms with Crippen molar-refractivity contribution < 1.29 is 4.74 Å². The van der Waals surface area contributed by atoms with Crippen LogP contribution in [0.25, 0.3) is 0 Å². The minimum atomic E-state index is 0.671. The van der Waals surface area contributed by atoms with E-state index in [0.29, 0.717) is 6.04 Å². The molecule has 0 atom stereocenters. The number of rotatable bonds is 7. The van der Waals surface area contributed by atoms with Crippen molar-refractivity contribution in [3.63, 3.8) is 0 Å². The van der Waals surface area contributed by atoms with E-state index in [2.05, 4.69) is 42.6 Å². The van der Waals surface area contributed by atoms with Gasteiger partial charge in [0.1, 0.15) is 5.75 Å². The number of ether oxygens (including phenoxy) is 1. The molecule has 0 radical (unpaired) electrons. The molecule has 0 aromatic heterocycles. The minimum Gasteiger partial charge on any atom is -0.497 e. The normalized spacial score (nSPS) is 16.5. The molecular weight excluding hydrogens is 272 g/mol. The molecule has 0 amide bonds. The summed E-state index contributed by atoms with van der Waals surface area (Å²) in [5.74, 6) is 0.926. The Bertz CT molecular complexity index is 461. The van der Waals surface area contributed by atoms with Crippen LogP contribution >= 0.6 is 0 Å². The highest BCUT2D eigenvalue weighted by molar-refractivity contribution is 5.27. The number of benzene rings is 1. The van der Waals surface area contributed by atoms with Crippen molar-refractivity contribution in [3.05, 3.63) is 42.1 Å². The number of allylic oxidation sites excluding steroid dienone is 1. The predicted octanol–water partition coefficient (Wildman–Crippen LogP) is 3.56. The van der Waals surface area contributed by atoms with Gasteiger partial charge in [0.05, 0.1) is 7.11 Å². The molecule has 0 saturated carbocycles. The van der Waals surface area contributed by atoms with E-state index in [0.717, 1.165) is 25.0 Å². The van der Waals surface area contributed by atoms with Crippen LogP contribution in [0.1, 0.15) is 31.2 Å². The van der Waals surface area contributed by atoms with Crippen molar-refractivity contribution in [2.24, 2.45) is 0 Å². The van der Waals surface area contributed by atoms with Gasteiger partial charge >= 0.3 is 0 Å². The van der Waals surface area contributed by atoms with Gasteiger partial charge in [0.15, 0.2) is 0 Å². The second-order valence-electron chi connectivity index (χ2n) is 6.41. The molecule has 1 saturated heterocycles. The lowest BCUT2D eigenvalue weighted by Gasteiger charge is -2.37. The fraction of sp³-hybridized carbons (Fsp3) is 0.579. The van der Waals surface area contributed by atoms with Crippen LogP contribution in [-0.4, -0.2) is 50.1 Å². The molecule has 1 fully saturated rings. The van der Waals surface area contributed by atoms with Gasteiger partial charge in [-0.2, -0.15) is 0 Å². The van der Waals surface area contributed by atoms with Crippen LogP contribution < -0.4 is 4.74 Å². The summed E-state index contributed by atoms with van der Waals surface area (Å²) in [6.45, 7) is 6.70. The average molecular weight is 302 g/mol. The summed E-state index contributed by atoms with van der Waals surface area (Å²) in [7, 11) is 6.13. The summed E-state index contributed by atoms with van der Waals surface area (Å²) >= 11 is 0. The zero-order valence-corrected chi connectivity index (χ0v) is 14.3. The van der Waals surface area contributed by atoms with Crippen molar-refractivity contribution in [3.8, 4) is 5.75 Å². The first kappa shape index (κ1) is 16.9. The summed E-state index contributed by atoms with van der Waals surface area (Å²) in [5, 5.41) is 0. The molecule has 0 N–H and O–H groups in total. The van der Waals surface area contributed by atoms with E-state index < -0.39 is 0 Å². The van der Waals surface area contributed by atoms with Crippen molar-refractivity contribution in [2.75, 3.05) is 34.3 Å². The summed E-state index contributed by atoms with van der Waals surface area (Å²) in [6.07, 6.45) is 5.84. The summed E-state index contributed by atoms with van der Waals surface area (Å²) in [4.78, 5) is 4.83. The first-order valence-electron chi connectivity index (χ1n) is 8.32. The molecule has 1 aliphatic rings. The lowest BCUT2D eigenvalue weighted by molar-refractivity contribution is 0.167. The van der Waals surface area contributed by atoms with Gasteiger partial charge in [0, 0.05) is 18.8 Å². The van der Waals surface area contributed by atoms with Gasteiger partial charge in [-0.25, -0.2) is 0 Å². The van der Waals surface area contributed by atoms with Gasteiger partial charge in [-0.3, -0.25) is 0 Å². The van der Waals surface area contributed by atoms with E-state index in [1.54, 1.807) is 7.11 Å². The van der Waals surface area contributed by atoms with E-state index in [4.69, 9.17) is 4.74 Å². The highest BCUT2D eigenvalue weighted by Gasteiger charge is 2.20. The van der Waals surface area contributed by atoms with E-state index in [1.807, 2.05) is 12.1 Å². The molecule has 0 bridgehead atoms. The van der Waals surface area contributed by atoms with Crippen molar-refractivity contribution in [2.45, 2.75) is 38.1 Å². The average Bonchev–Trinajstić information content (AvgIpc) is 2.55. The Morgan fingerprint density at radius 1 is 1.27 bits per heavy atom. The Morgan fingerprint density at radius 2 is 1.91 bits per heavy atom. The summed E-state index contributed by atoms with van der Waals surface area (Å²) in [5.41, 5.74) is 2.65. The Balaban J connectivity index is 1.72. The smallest absolute Gasteiger partial charge is 0.118 e. The monoisotopic (exact) mass is 302 g/mol. The molecule has 3 heteroatoms. The third kappa shape index (κ3) is 4.77. The fourth-order valence-electron chi connectivity index (χ4n) is 3.11. The molecule has 0 spiro atoms. The molecule has 3 nitrogen and oxygen atoms in total. The lowest BCUT2D eigenvalue weighted by atomic mass is 10.0. The number of aryl methyl sites for hydroxylation is 1. The van der Waals surface area contributed by atoms with Crippen LogP contribution in [0.15, 0.2) is 36.5 Å². The van der Waals surface area contributed by atoms with E-state index in [1.165, 1.54) is 37.2 Å². The Morgan fingerprint density at radius 3 is 2.50 bits per heavy atom. The quantitative estimate of drug-likeness (QED) is 0.766. The standard InChI is InChI=1S/C19H30N2O/c1-16(21(3)18-12-14-20(2)15-13-18)6-5-7-17-8-10-19(22-4)11-9-17/h8-11,18H,1,5-7,12-15H2,2-4H3. The molecule has 0 aliphatic carbocycles. The Kier molecular flexibility index (Phi) is 6.32. The molecule has 122 valence electrons. The molecule has 1 aromatic carbocycles. The van der Waals surface area contributed by atoms with Crippen LogP contribution in [0.3, 0.4) is 0 Å². The van der Waals surface area contributed by atoms with Gasteiger partial charge in [-0.1, -0.05) is 18.7 Å². The van der Waals surface area contributed by atoms with Gasteiger partial charge < -0.3 is 14.5 Å². The van der Waals surface area contributed by atoms with Crippen molar-refractivity contribution >= 4 is 0 Å². The fourth-order valence-corrected chi connectivity index (χ4v) is 3.11. The number of hydrogen-bond donors (Lipinski definition) is 0. The van der Waals surface area contributed by atoms with E-state index in [9.17, 15) is 0 Å². The number of piperidine rings is 1. The number of nitrogens with zero attached hydrogens (tertiary/aromatic N) is 2. The molecule has 0 unspecified atom stereocenters. The van der Waals surface area contributed by atoms with Gasteiger partial charge in [0.25, 0.3) is 0 Å². The summed E-state index contributed by atoms with van der Waals surface area (Å²) < 4.78 is 5.19. The first-order valence-corrected chi connectivity index (χ1v) is 8.32. The van der Waals surface area contributed by atoms with Gasteiger partial charge in [-0.05, 0) is 69.9 Å². The number of likely N-dealkylation sites (tertiary alicyclic amines) is 1. The van der Waals surface area contributed by atoms with E-state index >= 15 is 0 Å². The summed E-state index contributed by atoms with van der Waals surface area (Å²) in [6, 6.07) is 9.05. The molecule has 22 heavy (non-hydrogen) atoms. The van der Waals surface area contributed by atoms with Crippen LogP contribution in [0.2, 0.25) is 0 Å². The number of methoxy groups -OCH3 is 1. The first-order chi connectivity index (χ1) is 10.6. The minimum absolute atomic E-state index is 0.671. The lowest BCUT2D eigenvalue weighted by Crippen LogP contribution is -2.41. The maximum absolute atomic E-state index is 5.19. The second-order valence-corrected chi connectivity index (χ2v) is 6.41. The van der Waals surface area contributed by atoms with Crippen LogP contribution in [0, 0.1) is 0 Å². The van der Waals surface area contributed by atoms with Crippen molar-refractivity contribution in [1.82, 2.24) is 9.80 Å². The van der Waals surface area contributed by atoms with Gasteiger partial charge in [-0.15, -0.1) is 0 Å². The molecular formula is C19H30N2O. The molecule has 2 rings (SSSR count).